The van der Waals surface area contributed by atoms with E-state index in [-0.39, 0.29) is 6.04 Å². The second-order valence-corrected chi connectivity index (χ2v) is 10.3. The van der Waals surface area contributed by atoms with Crippen LogP contribution in [0.3, 0.4) is 0 Å². The minimum Gasteiger partial charge on any atom is -0.355 e. The molecule has 4 aromatic rings. The van der Waals surface area contributed by atoms with Crippen molar-refractivity contribution in [2.75, 3.05) is 5.32 Å². The Hall–Kier alpha value is -5.65. The third kappa shape index (κ3) is 7.36. The van der Waals surface area contributed by atoms with E-state index in [9.17, 15) is 0 Å². The molecule has 0 saturated carbocycles. The molecular weight excluding hydrogens is 520 g/mol. The lowest BCUT2D eigenvalue weighted by Crippen LogP contribution is -1.96. The Morgan fingerprint density at radius 1 is 0.698 bits per heavy atom. The van der Waals surface area contributed by atoms with E-state index in [1.165, 1.54) is 10.8 Å². The molecule has 2 heteroatoms. The second kappa shape index (κ2) is 13.8. The molecule has 2 heterocycles. The minimum absolute atomic E-state index is 0.257. The van der Waals surface area contributed by atoms with Crippen molar-refractivity contribution in [3.05, 3.63) is 181 Å². The first-order valence-corrected chi connectivity index (χ1v) is 14.6. The summed E-state index contributed by atoms with van der Waals surface area (Å²) in [6.07, 6.45) is 25.9. The first-order chi connectivity index (χ1) is 21.3. The molecule has 1 unspecified atom stereocenters. The molecule has 3 aliphatic rings. The van der Waals surface area contributed by atoms with Crippen molar-refractivity contribution < 1.29 is 0 Å². The van der Waals surface area contributed by atoms with Gasteiger partial charge in [0.15, 0.2) is 0 Å². The van der Waals surface area contributed by atoms with Gasteiger partial charge >= 0.3 is 0 Å². The number of benzene rings is 4. The van der Waals surface area contributed by atoms with Crippen molar-refractivity contribution in [3.8, 4) is 11.8 Å². The first-order valence-electron chi connectivity index (χ1n) is 14.6. The molecule has 0 radical (unpaired) electrons. The van der Waals surface area contributed by atoms with Crippen molar-refractivity contribution in [3.63, 3.8) is 0 Å². The van der Waals surface area contributed by atoms with Gasteiger partial charge in [-0.2, -0.15) is 0 Å². The predicted molar refractivity (Wildman–Crippen MR) is 185 cm³/mol. The Morgan fingerprint density at radius 2 is 1.47 bits per heavy atom. The van der Waals surface area contributed by atoms with Crippen LogP contribution in [0, 0.1) is 11.8 Å². The number of anilines is 2. The Kier molecular flexibility index (Phi) is 8.84. The van der Waals surface area contributed by atoms with Gasteiger partial charge < -0.3 is 5.32 Å². The van der Waals surface area contributed by atoms with E-state index in [0.29, 0.717) is 0 Å². The first kappa shape index (κ1) is 27.5. The van der Waals surface area contributed by atoms with Crippen molar-refractivity contribution >= 4 is 39.5 Å². The summed E-state index contributed by atoms with van der Waals surface area (Å²) in [5.41, 5.74) is 7.61. The third-order valence-electron chi connectivity index (χ3n) is 7.29. The highest BCUT2D eigenvalue weighted by atomic mass is 14.9. The molecule has 4 aromatic carbocycles. The molecule has 0 amide bonds. The Balaban J connectivity index is 1.34. The van der Waals surface area contributed by atoms with Crippen LogP contribution in [0.4, 0.5) is 11.4 Å². The fourth-order valence-electron chi connectivity index (χ4n) is 4.99. The van der Waals surface area contributed by atoms with Crippen molar-refractivity contribution in [2.24, 2.45) is 4.99 Å². The van der Waals surface area contributed by atoms with Crippen LogP contribution in [0.2, 0.25) is 0 Å². The maximum absolute atomic E-state index is 4.77. The maximum Gasteiger partial charge on any atom is 0.129 e. The molecule has 0 spiro atoms. The molecule has 43 heavy (non-hydrogen) atoms. The number of nitrogens with zero attached hydrogens (tertiary/aromatic N) is 1. The Morgan fingerprint density at radius 3 is 2.35 bits per heavy atom. The molecule has 1 aliphatic carbocycles. The maximum atomic E-state index is 4.77. The van der Waals surface area contributed by atoms with Crippen molar-refractivity contribution in [2.45, 2.75) is 12.5 Å². The lowest BCUT2D eigenvalue weighted by Gasteiger charge is -2.11. The molecule has 7 rings (SSSR count). The summed E-state index contributed by atoms with van der Waals surface area (Å²) in [5.74, 6) is 6.61. The molecule has 0 saturated heterocycles. The van der Waals surface area contributed by atoms with Crippen LogP contribution in [-0.4, -0.2) is 12.3 Å². The SMILES string of the molecule is C1#CC2/C=C\C=C/C/C=C(\C=C/C(c3ccccc3)=C\C=N2)/C=C\C(c2ccc(Nc3cccc4ccccc34)cc2)=C/1. The van der Waals surface area contributed by atoms with Crippen LogP contribution in [-0.2, 0) is 0 Å². The monoisotopic (exact) mass is 552 g/mol. The van der Waals surface area contributed by atoms with E-state index in [0.717, 1.165) is 45.6 Å². The van der Waals surface area contributed by atoms with Gasteiger partial charge in [-0.3, -0.25) is 4.99 Å². The molecule has 2 bridgehead atoms. The number of hydrogen-bond acceptors (Lipinski definition) is 2. The van der Waals surface area contributed by atoms with Crippen LogP contribution >= 0.6 is 0 Å². The fourth-order valence-corrected chi connectivity index (χ4v) is 4.99. The van der Waals surface area contributed by atoms with Gasteiger partial charge in [-0.25, -0.2) is 0 Å². The summed E-state index contributed by atoms with van der Waals surface area (Å²) in [4.78, 5) is 4.77. The summed E-state index contributed by atoms with van der Waals surface area (Å²) < 4.78 is 0. The van der Waals surface area contributed by atoms with Gasteiger partial charge in [0.1, 0.15) is 6.04 Å². The summed E-state index contributed by atoms with van der Waals surface area (Å²) in [5, 5.41) is 6.01. The Bertz CT molecular complexity index is 1890. The minimum atomic E-state index is -0.257. The Labute approximate surface area is 254 Å². The number of aliphatic imine (C=N–C) groups is 1. The fraction of sp³-hybridized carbons (Fsp3) is 0.0488. The van der Waals surface area contributed by atoms with Crippen molar-refractivity contribution in [1.29, 1.82) is 0 Å². The number of fused-ring (bicyclic) bond motifs is 8. The van der Waals surface area contributed by atoms with Gasteiger partial charge in [0.05, 0.1) is 0 Å². The molecule has 0 fully saturated rings. The number of nitrogens with one attached hydrogen (secondary N) is 1. The van der Waals surface area contributed by atoms with Crippen molar-refractivity contribution in [1.82, 2.24) is 0 Å². The molecule has 2 aliphatic heterocycles. The topological polar surface area (TPSA) is 24.4 Å². The standard InChI is InChI=1S/C41H32N2/c1-2-7-18-38-19-10-16-34(24-22-32(12-4-1)23-25-36(30-31-42-38)33-13-5-3-6-14-33)35-26-28-39(29-27-35)43-41-21-11-17-37-15-8-9-20-40(37)41/h1-3,5-9,11-18,20-31,38,43H,4H2/b2-1-,18-7-,24-22-,25-23-,32-12-,34-16+,36-30+,42-31?. The van der Waals surface area contributed by atoms with Crippen LogP contribution < -0.4 is 5.32 Å². The smallest absolute Gasteiger partial charge is 0.129 e. The van der Waals surface area contributed by atoms with E-state index < -0.39 is 0 Å². The molecule has 206 valence electrons. The van der Waals surface area contributed by atoms with E-state index in [1.54, 1.807) is 0 Å². The number of hydrogen-bond donors (Lipinski definition) is 1. The van der Waals surface area contributed by atoms with Gasteiger partial charge in [0.2, 0.25) is 0 Å². The highest BCUT2D eigenvalue weighted by molar-refractivity contribution is 5.95. The largest absolute Gasteiger partial charge is 0.355 e. The molecule has 0 aromatic heterocycles. The quantitative estimate of drug-likeness (QED) is 0.250. The van der Waals surface area contributed by atoms with Gasteiger partial charge in [0.25, 0.3) is 0 Å². The van der Waals surface area contributed by atoms with Gasteiger partial charge in [-0.05, 0) is 76.1 Å². The summed E-state index contributed by atoms with van der Waals surface area (Å²) in [6, 6.07) is 33.4. The zero-order chi connectivity index (χ0) is 29.1. The predicted octanol–water partition coefficient (Wildman–Crippen LogP) is 10.1. The molecule has 1 atom stereocenters. The molecular formula is C41H32N2. The van der Waals surface area contributed by atoms with Crippen LogP contribution in [0.1, 0.15) is 17.5 Å². The van der Waals surface area contributed by atoms with Gasteiger partial charge in [-0.15, -0.1) is 0 Å². The van der Waals surface area contributed by atoms with E-state index >= 15 is 0 Å². The number of rotatable bonds is 4. The summed E-state index contributed by atoms with van der Waals surface area (Å²) in [6.45, 7) is 0. The summed E-state index contributed by atoms with van der Waals surface area (Å²) >= 11 is 0. The highest BCUT2D eigenvalue weighted by Gasteiger charge is 2.04. The zero-order valence-electron chi connectivity index (χ0n) is 23.9. The van der Waals surface area contributed by atoms with E-state index in [4.69, 9.17) is 4.99 Å². The molecule has 1 N–H and O–H groups in total. The zero-order valence-corrected chi connectivity index (χ0v) is 23.9. The van der Waals surface area contributed by atoms with Gasteiger partial charge in [0, 0.05) is 23.0 Å². The normalized spacial score (nSPS) is 23.1. The lowest BCUT2D eigenvalue weighted by atomic mass is 10.0. The lowest BCUT2D eigenvalue weighted by molar-refractivity contribution is 1.07. The van der Waals surface area contributed by atoms with E-state index in [1.807, 2.05) is 30.5 Å². The second-order valence-electron chi connectivity index (χ2n) is 10.3. The number of allylic oxidation sites excluding steroid dienone is 13. The average Bonchev–Trinajstić information content (AvgIpc) is 3.05. The van der Waals surface area contributed by atoms with E-state index in [2.05, 4.69) is 157 Å². The molecule has 2 nitrogen and oxygen atoms in total. The highest BCUT2D eigenvalue weighted by Crippen LogP contribution is 2.28. The van der Waals surface area contributed by atoms with Crippen LogP contribution in [0.5, 0.6) is 0 Å². The third-order valence-corrected chi connectivity index (χ3v) is 7.29. The van der Waals surface area contributed by atoms with Crippen LogP contribution in [0.25, 0.3) is 21.9 Å². The van der Waals surface area contributed by atoms with Gasteiger partial charge in [-0.1, -0.05) is 139 Å². The average molecular weight is 553 g/mol. The summed E-state index contributed by atoms with van der Waals surface area (Å²) in [7, 11) is 0. The van der Waals surface area contributed by atoms with Crippen LogP contribution in [0.15, 0.2) is 174 Å².